The molecule has 0 unspecified atom stereocenters. The van der Waals surface area contributed by atoms with Crippen LogP contribution in [0.5, 0.6) is 0 Å². The van der Waals surface area contributed by atoms with Gasteiger partial charge in [0, 0.05) is 36.7 Å². The third-order valence-corrected chi connectivity index (χ3v) is 4.30. The Kier molecular flexibility index (Phi) is 8.48. The van der Waals surface area contributed by atoms with Gasteiger partial charge >= 0.3 is 0 Å². The lowest BCUT2D eigenvalue weighted by Crippen LogP contribution is -2.42. The average molecular weight is 438 g/mol. The summed E-state index contributed by atoms with van der Waals surface area (Å²) in [6.45, 7) is 2.99. The standard InChI is InChI=1S/C15H23FN4S.HI/c1-19(2)11-13-9-12(3-4-14(13)16)10-18-15(17)20-5-7-21-8-6-20;/h3-4,9H,5-8,10-11H2,1-2H3,(H2,17,18);1H. The van der Waals surface area contributed by atoms with Crippen molar-refractivity contribution in [1.29, 1.82) is 0 Å². The molecule has 0 aliphatic carbocycles. The quantitative estimate of drug-likeness (QED) is 0.446. The van der Waals surface area contributed by atoms with Crippen molar-refractivity contribution in [3.05, 3.63) is 35.1 Å². The largest absolute Gasteiger partial charge is 0.370 e. The number of nitrogens with two attached hydrogens (primary N) is 1. The van der Waals surface area contributed by atoms with Gasteiger partial charge < -0.3 is 15.5 Å². The van der Waals surface area contributed by atoms with E-state index in [0.29, 0.717) is 24.6 Å². The van der Waals surface area contributed by atoms with Gasteiger partial charge in [-0.1, -0.05) is 6.07 Å². The molecule has 0 saturated carbocycles. The molecule has 7 heteroatoms. The number of aliphatic imine (C=N–C) groups is 1. The summed E-state index contributed by atoms with van der Waals surface area (Å²) in [5.74, 6) is 2.62. The smallest absolute Gasteiger partial charge is 0.191 e. The van der Waals surface area contributed by atoms with Gasteiger partial charge in [0.05, 0.1) is 6.54 Å². The van der Waals surface area contributed by atoms with E-state index < -0.39 is 0 Å². The zero-order valence-corrected chi connectivity index (χ0v) is 16.2. The number of hydrogen-bond donors (Lipinski definition) is 1. The first-order valence-corrected chi connectivity index (χ1v) is 8.26. The van der Waals surface area contributed by atoms with E-state index in [-0.39, 0.29) is 29.8 Å². The van der Waals surface area contributed by atoms with Crippen LogP contribution in [0, 0.1) is 5.82 Å². The molecule has 0 radical (unpaired) electrons. The number of guanidine groups is 1. The van der Waals surface area contributed by atoms with Crippen LogP contribution in [0.25, 0.3) is 0 Å². The summed E-state index contributed by atoms with van der Waals surface area (Å²) in [6.07, 6.45) is 0. The van der Waals surface area contributed by atoms with Crippen LogP contribution in [0.1, 0.15) is 11.1 Å². The number of hydrogen-bond acceptors (Lipinski definition) is 3. The Labute approximate surface area is 153 Å². The van der Waals surface area contributed by atoms with Crippen molar-refractivity contribution in [2.45, 2.75) is 13.1 Å². The highest BCUT2D eigenvalue weighted by atomic mass is 127. The van der Waals surface area contributed by atoms with Gasteiger partial charge in [-0.2, -0.15) is 11.8 Å². The van der Waals surface area contributed by atoms with Crippen LogP contribution in [0.3, 0.4) is 0 Å². The van der Waals surface area contributed by atoms with Gasteiger partial charge in [0.2, 0.25) is 0 Å². The summed E-state index contributed by atoms with van der Waals surface area (Å²) in [5, 5.41) is 0. The molecule has 1 saturated heterocycles. The third kappa shape index (κ3) is 5.92. The number of halogens is 2. The molecule has 22 heavy (non-hydrogen) atoms. The average Bonchev–Trinajstić information content (AvgIpc) is 2.48. The van der Waals surface area contributed by atoms with E-state index in [1.165, 1.54) is 6.07 Å². The second kappa shape index (κ2) is 9.57. The van der Waals surface area contributed by atoms with Crippen molar-refractivity contribution in [2.75, 3.05) is 38.7 Å². The van der Waals surface area contributed by atoms with Gasteiger partial charge in [-0.15, -0.1) is 24.0 Å². The second-order valence-electron chi connectivity index (χ2n) is 5.44. The van der Waals surface area contributed by atoms with Crippen LogP contribution in [-0.2, 0) is 13.1 Å². The normalized spacial score (nSPS) is 15.8. The van der Waals surface area contributed by atoms with Crippen molar-refractivity contribution >= 4 is 41.7 Å². The molecule has 0 bridgehead atoms. The summed E-state index contributed by atoms with van der Waals surface area (Å²) in [4.78, 5) is 8.50. The predicted molar refractivity (Wildman–Crippen MR) is 103 cm³/mol. The highest BCUT2D eigenvalue weighted by Gasteiger charge is 2.12. The minimum absolute atomic E-state index is 0. The summed E-state index contributed by atoms with van der Waals surface area (Å²) < 4.78 is 13.7. The summed E-state index contributed by atoms with van der Waals surface area (Å²) in [5.41, 5.74) is 7.71. The minimum atomic E-state index is -0.169. The maximum atomic E-state index is 13.7. The first kappa shape index (κ1) is 19.5. The Morgan fingerprint density at radius 1 is 1.36 bits per heavy atom. The van der Waals surface area contributed by atoms with Crippen LogP contribution < -0.4 is 5.73 Å². The summed E-state index contributed by atoms with van der Waals surface area (Å²) in [6, 6.07) is 5.16. The van der Waals surface area contributed by atoms with Crippen molar-refractivity contribution in [3.8, 4) is 0 Å². The SMILES string of the molecule is CN(C)Cc1cc(CN=C(N)N2CCSCC2)ccc1F.I. The van der Waals surface area contributed by atoms with E-state index in [1.807, 2.05) is 36.8 Å². The van der Waals surface area contributed by atoms with E-state index in [2.05, 4.69) is 9.89 Å². The minimum Gasteiger partial charge on any atom is -0.370 e. The molecular formula is C15H24FIN4S. The molecule has 0 amide bonds. The number of thioether (sulfide) groups is 1. The lowest BCUT2D eigenvalue weighted by molar-refractivity contribution is 0.392. The Morgan fingerprint density at radius 2 is 2.05 bits per heavy atom. The van der Waals surface area contributed by atoms with E-state index in [9.17, 15) is 4.39 Å². The molecule has 0 aromatic heterocycles. The maximum Gasteiger partial charge on any atom is 0.191 e. The number of benzene rings is 1. The molecule has 2 rings (SSSR count). The van der Waals surface area contributed by atoms with E-state index in [0.717, 1.165) is 30.2 Å². The zero-order valence-electron chi connectivity index (χ0n) is 13.1. The van der Waals surface area contributed by atoms with Crippen LogP contribution in [0.15, 0.2) is 23.2 Å². The van der Waals surface area contributed by atoms with Crippen LogP contribution in [0.2, 0.25) is 0 Å². The summed E-state index contributed by atoms with van der Waals surface area (Å²) >= 11 is 1.94. The third-order valence-electron chi connectivity index (χ3n) is 3.36. The Bertz CT molecular complexity index is 504. The zero-order chi connectivity index (χ0) is 15.2. The first-order valence-electron chi connectivity index (χ1n) is 7.11. The molecule has 0 spiro atoms. The van der Waals surface area contributed by atoms with Gasteiger partial charge in [-0.25, -0.2) is 9.38 Å². The molecule has 124 valence electrons. The Balaban J connectivity index is 0.00000242. The second-order valence-corrected chi connectivity index (χ2v) is 6.66. The lowest BCUT2D eigenvalue weighted by Gasteiger charge is -2.27. The van der Waals surface area contributed by atoms with Gasteiger partial charge in [-0.05, 0) is 31.8 Å². The molecule has 1 fully saturated rings. The molecule has 1 aromatic rings. The Hall–Kier alpha value is -0.540. The highest BCUT2D eigenvalue weighted by Crippen LogP contribution is 2.14. The topological polar surface area (TPSA) is 44.9 Å². The van der Waals surface area contributed by atoms with Crippen molar-refractivity contribution in [3.63, 3.8) is 0 Å². The van der Waals surface area contributed by atoms with Gasteiger partial charge in [0.25, 0.3) is 0 Å². The van der Waals surface area contributed by atoms with Crippen LogP contribution in [0.4, 0.5) is 4.39 Å². The monoisotopic (exact) mass is 438 g/mol. The first-order chi connectivity index (χ1) is 10.1. The van der Waals surface area contributed by atoms with Crippen LogP contribution in [-0.4, -0.2) is 54.4 Å². The molecule has 1 heterocycles. The fourth-order valence-electron chi connectivity index (χ4n) is 2.25. The van der Waals surface area contributed by atoms with Gasteiger partial charge in [0.15, 0.2) is 5.96 Å². The van der Waals surface area contributed by atoms with Crippen molar-refractivity contribution < 1.29 is 4.39 Å². The fraction of sp³-hybridized carbons (Fsp3) is 0.533. The summed E-state index contributed by atoms with van der Waals surface area (Å²) in [7, 11) is 3.85. The van der Waals surface area contributed by atoms with E-state index in [4.69, 9.17) is 5.73 Å². The predicted octanol–water partition coefficient (Wildman–Crippen LogP) is 2.37. The van der Waals surface area contributed by atoms with Gasteiger partial charge in [-0.3, -0.25) is 0 Å². The van der Waals surface area contributed by atoms with E-state index >= 15 is 0 Å². The molecule has 4 nitrogen and oxygen atoms in total. The van der Waals surface area contributed by atoms with Gasteiger partial charge in [0.1, 0.15) is 5.82 Å². The number of rotatable bonds is 4. The molecule has 1 aliphatic heterocycles. The maximum absolute atomic E-state index is 13.7. The van der Waals surface area contributed by atoms with Crippen molar-refractivity contribution in [2.24, 2.45) is 10.7 Å². The van der Waals surface area contributed by atoms with Crippen molar-refractivity contribution in [1.82, 2.24) is 9.80 Å². The molecule has 1 aliphatic rings. The molecular weight excluding hydrogens is 414 g/mol. The van der Waals surface area contributed by atoms with E-state index in [1.54, 1.807) is 6.07 Å². The lowest BCUT2D eigenvalue weighted by atomic mass is 10.1. The molecule has 2 N–H and O–H groups in total. The molecule has 1 aromatic carbocycles. The Morgan fingerprint density at radius 3 is 2.68 bits per heavy atom. The number of nitrogens with zero attached hydrogens (tertiary/aromatic N) is 3. The molecule has 0 atom stereocenters. The fourth-order valence-corrected chi connectivity index (χ4v) is 3.16. The van der Waals surface area contributed by atoms with Crippen LogP contribution >= 0.6 is 35.7 Å². The highest BCUT2D eigenvalue weighted by molar-refractivity contribution is 14.0.